The summed E-state index contributed by atoms with van der Waals surface area (Å²) in [6.45, 7) is 2.73. The lowest BCUT2D eigenvalue weighted by Gasteiger charge is -2.37. The number of aliphatic carboxylic acids is 1. The van der Waals surface area contributed by atoms with Gasteiger partial charge in [-0.15, -0.1) is 0 Å². The molecule has 2 unspecified atom stereocenters. The number of likely N-dealkylation sites (tertiary alicyclic amines) is 1. The van der Waals surface area contributed by atoms with Gasteiger partial charge >= 0.3 is 12.0 Å². The van der Waals surface area contributed by atoms with Crippen LogP contribution < -0.4 is 15.4 Å². The highest BCUT2D eigenvalue weighted by molar-refractivity contribution is 6.01. The third-order valence-electron chi connectivity index (χ3n) is 7.32. The van der Waals surface area contributed by atoms with Crippen LogP contribution in [0.3, 0.4) is 0 Å². The number of ether oxygens (including phenoxy) is 1. The zero-order valence-corrected chi connectivity index (χ0v) is 22.9. The third-order valence-corrected chi connectivity index (χ3v) is 7.32. The minimum absolute atomic E-state index is 0.132. The smallest absolute Gasteiger partial charge is 0.323 e. The first kappa shape index (κ1) is 29.8. The van der Waals surface area contributed by atoms with E-state index in [-0.39, 0.29) is 32.6 Å². The van der Waals surface area contributed by atoms with Crippen molar-refractivity contribution >= 4 is 35.2 Å². The van der Waals surface area contributed by atoms with Gasteiger partial charge in [0, 0.05) is 31.9 Å². The van der Waals surface area contributed by atoms with Crippen LogP contribution in [0.25, 0.3) is 0 Å². The number of benzene rings is 2. The molecular formula is C28H35N5O8. The van der Waals surface area contributed by atoms with Gasteiger partial charge in [-0.3, -0.25) is 19.3 Å². The molecule has 0 aromatic heterocycles. The van der Waals surface area contributed by atoms with Gasteiger partial charge in [0.05, 0.1) is 38.4 Å². The number of carboxylic acid groups (broad SMARTS) is 1. The fourth-order valence-electron chi connectivity index (χ4n) is 5.07. The van der Waals surface area contributed by atoms with E-state index >= 15 is 0 Å². The number of carbonyl (C=O) groups is 4. The lowest BCUT2D eigenvalue weighted by molar-refractivity contribution is -0.148. The molecule has 2 aromatic carbocycles. The number of aliphatic hydroxyl groups excluding tert-OH is 2. The summed E-state index contributed by atoms with van der Waals surface area (Å²) in [5, 5.41) is 35.4. The fourth-order valence-corrected chi connectivity index (χ4v) is 5.07. The van der Waals surface area contributed by atoms with Crippen molar-refractivity contribution in [3.63, 3.8) is 0 Å². The van der Waals surface area contributed by atoms with Gasteiger partial charge in [0.2, 0.25) is 11.8 Å². The van der Waals surface area contributed by atoms with E-state index in [4.69, 9.17) is 9.84 Å². The Bertz CT molecular complexity index is 1300. The van der Waals surface area contributed by atoms with Crippen molar-refractivity contribution in [1.82, 2.24) is 14.7 Å². The van der Waals surface area contributed by atoms with Crippen LogP contribution in [0.4, 0.5) is 16.2 Å². The summed E-state index contributed by atoms with van der Waals surface area (Å²) in [7, 11) is 1.43. The Morgan fingerprint density at radius 1 is 0.976 bits per heavy atom. The van der Waals surface area contributed by atoms with Crippen LogP contribution in [0.1, 0.15) is 11.1 Å². The van der Waals surface area contributed by atoms with E-state index in [1.807, 2.05) is 25.1 Å². The quantitative estimate of drug-likeness (QED) is 0.301. The molecular weight excluding hydrogens is 534 g/mol. The summed E-state index contributed by atoms with van der Waals surface area (Å²) >= 11 is 0. The predicted octanol–water partition coefficient (Wildman–Crippen LogP) is 0.352. The molecule has 13 heteroatoms. The number of hydrogen-bond donors (Lipinski definition) is 5. The van der Waals surface area contributed by atoms with Gasteiger partial charge in [0.25, 0.3) is 0 Å². The first-order valence-electron chi connectivity index (χ1n) is 13.3. The molecule has 4 rings (SSSR count). The molecule has 0 saturated carbocycles. The summed E-state index contributed by atoms with van der Waals surface area (Å²) in [5.74, 6) is -1.59. The number of carbonyl (C=O) groups excluding carboxylic acids is 3. The lowest BCUT2D eigenvalue weighted by Crippen LogP contribution is -2.57. The fraction of sp³-hybridized carbons (Fsp3) is 0.429. The summed E-state index contributed by atoms with van der Waals surface area (Å²) in [5.41, 5.74) is 2.49. The van der Waals surface area contributed by atoms with Crippen molar-refractivity contribution in [2.24, 2.45) is 0 Å². The monoisotopic (exact) mass is 569 g/mol. The Hall–Kier alpha value is -4.20. The Morgan fingerprint density at radius 2 is 1.66 bits per heavy atom. The molecule has 0 bridgehead atoms. The predicted molar refractivity (Wildman–Crippen MR) is 149 cm³/mol. The van der Waals surface area contributed by atoms with Crippen molar-refractivity contribution in [1.29, 1.82) is 0 Å². The number of methoxy groups -OCH3 is 1. The molecule has 2 aliphatic rings. The Labute approximate surface area is 237 Å². The number of nitrogens with zero attached hydrogens (tertiary/aromatic N) is 3. The van der Waals surface area contributed by atoms with Gasteiger partial charge in [-0.05, 0) is 36.2 Å². The highest BCUT2D eigenvalue weighted by Gasteiger charge is 2.48. The zero-order chi connectivity index (χ0) is 29.7. The minimum atomic E-state index is -1.45. The maximum Gasteiger partial charge on any atom is 0.323 e. The van der Waals surface area contributed by atoms with Gasteiger partial charge in [0.15, 0.2) is 0 Å². The van der Waals surface area contributed by atoms with Crippen molar-refractivity contribution in [2.75, 3.05) is 57.0 Å². The Balaban J connectivity index is 1.41. The number of nitrogens with one attached hydrogen (secondary N) is 2. The molecule has 3 atom stereocenters. The standard InChI is InChI=1S/C28H35N5O8/c1-17-5-3-4-6-19(17)29-28(40)30-20-8-7-18(13-22(20)41-2)14-23(35)33-15-21(34)26(38)25(33)27(39)32-11-9-31(10-12-32)16-24(36)37/h3-8,13,21,25-26,34,38H,9-12,14-16H2,1-2H3,(H,36,37)(H2,29,30,40)/t21?,25-,26?/m0/s1. The number of β-amino-alcohol motifs (C(OH)–C–C–N with tert-alkyl or cyclic N) is 1. The van der Waals surface area contributed by atoms with Crippen LogP contribution in [0.2, 0.25) is 0 Å². The van der Waals surface area contributed by atoms with E-state index in [1.165, 1.54) is 16.9 Å². The molecule has 4 amide bonds. The van der Waals surface area contributed by atoms with Gasteiger partial charge in [-0.25, -0.2) is 4.79 Å². The van der Waals surface area contributed by atoms with Crippen molar-refractivity contribution in [2.45, 2.75) is 31.6 Å². The van der Waals surface area contributed by atoms with Crippen LogP contribution in [-0.4, -0.2) is 118 Å². The number of amides is 4. The Morgan fingerprint density at radius 3 is 2.32 bits per heavy atom. The number of carboxylic acids is 1. The molecule has 2 heterocycles. The summed E-state index contributed by atoms with van der Waals surface area (Å²) in [6, 6.07) is 10.5. The molecule has 0 radical (unpaired) electrons. The van der Waals surface area contributed by atoms with Gasteiger partial charge in [-0.1, -0.05) is 24.3 Å². The topological polar surface area (TPSA) is 172 Å². The number of para-hydroxylation sites is 1. The first-order valence-corrected chi connectivity index (χ1v) is 13.3. The second-order valence-corrected chi connectivity index (χ2v) is 10.1. The van der Waals surface area contributed by atoms with E-state index in [2.05, 4.69) is 10.6 Å². The van der Waals surface area contributed by atoms with Crippen LogP contribution in [0.15, 0.2) is 42.5 Å². The Kier molecular flexibility index (Phi) is 9.42. The van der Waals surface area contributed by atoms with E-state index in [1.54, 1.807) is 29.2 Å². The van der Waals surface area contributed by atoms with Gasteiger partial charge < -0.3 is 40.5 Å². The third kappa shape index (κ3) is 7.12. The van der Waals surface area contributed by atoms with Gasteiger partial charge in [0.1, 0.15) is 17.9 Å². The average molecular weight is 570 g/mol. The average Bonchev–Trinajstić information content (AvgIpc) is 3.24. The van der Waals surface area contributed by atoms with E-state index in [0.29, 0.717) is 35.8 Å². The molecule has 2 saturated heterocycles. The second kappa shape index (κ2) is 13.0. The maximum absolute atomic E-state index is 13.3. The summed E-state index contributed by atoms with van der Waals surface area (Å²) in [6.07, 6.45) is -2.87. The normalized spacial score (nSPS) is 20.9. The van der Waals surface area contributed by atoms with E-state index in [0.717, 1.165) is 5.56 Å². The van der Waals surface area contributed by atoms with Crippen molar-refractivity contribution in [3.8, 4) is 5.75 Å². The largest absolute Gasteiger partial charge is 0.495 e. The van der Waals surface area contributed by atoms with Crippen LogP contribution in [-0.2, 0) is 20.8 Å². The molecule has 2 aliphatic heterocycles. The molecule has 41 heavy (non-hydrogen) atoms. The number of rotatable bonds is 8. The molecule has 220 valence electrons. The number of aryl methyl sites for hydroxylation is 1. The lowest BCUT2D eigenvalue weighted by atomic mass is 10.1. The van der Waals surface area contributed by atoms with Gasteiger partial charge in [-0.2, -0.15) is 0 Å². The molecule has 2 fully saturated rings. The maximum atomic E-state index is 13.3. The highest BCUT2D eigenvalue weighted by atomic mass is 16.5. The molecule has 5 N–H and O–H groups in total. The van der Waals surface area contributed by atoms with Crippen molar-refractivity contribution in [3.05, 3.63) is 53.6 Å². The number of piperazine rings is 1. The van der Waals surface area contributed by atoms with Crippen LogP contribution >= 0.6 is 0 Å². The van der Waals surface area contributed by atoms with Crippen molar-refractivity contribution < 1.29 is 39.2 Å². The SMILES string of the molecule is COc1cc(CC(=O)N2CC(O)C(O)[C@H]2C(=O)N2CCN(CC(=O)O)CC2)ccc1NC(=O)Nc1ccccc1C. The van der Waals surface area contributed by atoms with Crippen LogP contribution in [0, 0.1) is 6.92 Å². The van der Waals surface area contributed by atoms with E-state index in [9.17, 15) is 29.4 Å². The molecule has 2 aromatic rings. The minimum Gasteiger partial charge on any atom is -0.495 e. The zero-order valence-electron chi connectivity index (χ0n) is 22.9. The first-order chi connectivity index (χ1) is 19.6. The molecule has 13 nitrogen and oxygen atoms in total. The van der Waals surface area contributed by atoms with E-state index < -0.39 is 42.1 Å². The summed E-state index contributed by atoms with van der Waals surface area (Å²) in [4.78, 5) is 54.5. The number of hydrogen-bond acceptors (Lipinski definition) is 8. The second-order valence-electron chi connectivity index (χ2n) is 10.1. The number of anilines is 2. The molecule has 0 aliphatic carbocycles. The number of urea groups is 1. The van der Waals surface area contributed by atoms with Crippen LogP contribution in [0.5, 0.6) is 5.75 Å². The highest BCUT2D eigenvalue weighted by Crippen LogP contribution is 2.28. The molecule has 0 spiro atoms. The summed E-state index contributed by atoms with van der Waals surface area (Å²) < 4.78 is 5.42. The number of aliphatic hydroxyl groups is 2.